The number of piperazine rings is 1. The van der Waals surface area contributed by atoms with Gasteiger partial charge in [0.05, 0.1) is 36.2 Å². The number of hydrogen-bond acceptors (Lipinski definition) is 8. The molecule has 4 heterocycles. The molecule has 1 N–H and O–H groups in total. The number of nitrogens with zero attached hydrogens (tertiary/aromatic N) is 6. The molecule has 2 aromatic rings. The lowest BCUT2D eigenvalue weighted by atomic mass is 9.86. The Balaban J connectivity index is 1.12. The average molecular weight is 506 g/mol. The quantitative estimate of drug-likeness (QED) is 0.635. The first-order valence-corrected chi connectivity index (χ1v) is 13.4. The molecule has 3 atom stereocenters. The minimum absolute atomic E-state index is 0.0112. The molecule has 0 aromatic carbocycles. The van der Waals surface area contributed by atoms with Crippen molar-refractivity contribution in [2.45, 2.75) is 57.6 Å². The molecule has 3 aliphatic rings. The van der Waals surface area contributed by atoms with Crippen LogP contribution in [0.15, 0.2) is 29.3 Å². The minimum atomic E-state index is -0.147. The van der Waals surface area contributed by atoms with Crippen LogP contribution in [-0.4, -0.2) is 77.5 Å². The van der Waals surface area contributed by atoms with Crippen molar-refractivity contribution in [3.8, 4) is 6.07 Å². The topological polar surface area (TPSA) is 118 Å². The molecule has 2 saturated heterocycles. The largest absolute Gasteiger partial charge is 0.376 e. The van der Waals surface area contributed by atoms with Crippen molar-refractivity contribution in [3.63, 3.8) is 0 Å². The highest BCUT2D eigenvalue weighted by Crippen LogP contribution is 2.31. The highest BCUT2D eigenvalue weighted by Gasteiger charge is 2.34. The summed E-state index contributed by atoms with van der Waals surface area (Å²) in [5.41, 5.74) is 1.99. The van der Waals surface area contributed by atoms with Gasteiger partial charge in [-0.25, -0.2) is 10.1 Å². The zero-order valence-corrected chi connectivity index (χ0v) is 21.4. The molecular formula is C27H35N7O3. The summed E-state index contributed by atoms with van der Waals surface area (Å²) < 4.78 is 6.39. The molecule has 3 fully saturated rings. The molecule has 0 unspecified atom stereocenters. The molecule has 0 radical (unpaired) electrons. The third-order valence-electron chi connectivity index (χ3n) is 8.06. The molecular weight excluding hydrogens is 470 g/mol. The Morgan fingerprint density at radius 1 is 1.14 bits per heavy atom. The fraction of sp³-hybridized carbons (Fsp3) is 0.593. The maximum absolute atomic E-state index is 13.3. The van der Waals surface area contributed by atoms with Crippen molar-refractivity contribution < 1.29 is 9.53 Å². The number of nitrogens with one attached hydrogen (secondary N) is 1. The second kappa shape index (κ2) is 11.3. The van der Waals surface area contributed by atoms with E-state index in [1.807, 2.05) is 17.9 Å². The highest BCUT2D eigenvalue weighted by molar-refractivity contribution is 5.79. The summed E-state index contributed by atoms with van der Waals surface area (Å²) in [6.45, 7) is 6.19. The summed E-state index contributed by atoms with van der Waals surface area (Å²) in [4.78, 5) is 36.2. The third-order valence-corrected chi connectivity index (χ3v) is 8.06. The van der Waals surface area contributed by atoms with Gasteiger partial charge in [0.1, 0.15) is 11.9 Å². The van der Waals surface area contributed by atoms with E-state index in [1.54, 1.807) is 18.5 Å². The van der Waals surface area contributed by atoms with Gasteiger partial charge in [-0.15, -0.1) is 0 Å². The van der Waals surface area contributed by atoms with Crippen molar-refractivity contribution in [2.24, 2.45) is 5.92 Å². The van der Waals surface area contributed by atoms with Gasteiger partial charge in [0.15, 0.2) is 0 Å². The van der Waals surface area contributed by atoms with Crippen LogP contribution in [0.5, 0.6) is 0 Å². The molecule has 1 amide bonds. The van der Waals surface area contributed by atoms with E-state index in [0.29, 0.717) is 30.8 Å². The second-order valence-corrected chi connectivity index (χ2v) is 10.3. The van der Waals surface area contributed by atoms with Crippen LogP contribution < -0.4 is 15.4 Å². The van der Waals surface area contributed by atoms with Gasteiger partial charge in [-0.1, -0.05) is 6.42 Å². The van der Waals surface area contributed by atoms with Crippen LogP contribution in [0.2, 0.25) is 0 Å². The number of ether oxygens (including phenoxy) is 1. The Morgan fingerprint density at radius 2 is 1.97 bits per heavy atom. The highest BCUT2D eigenvalue weighted by atomic mass is 16.5. The number of carbonyl (C=O) groups is 1. The standard InChI is InChI=1S/C27H35N7O3/c1-19-24(17-30-31-26(19)35)34-9-3-5-22(34)18-37-23-6-2-4-21(14-23)27(36)33-12-10-32(11-13-33)25-8-7-20(15-28)16-29-25/h7-8,16-17,21-23H,2-6,9-14,18H2,1H3,(H,31,35)/t21-,22-,23-/m0/s1. The van der Waals surface area contributed by atoms with Gasteiger partial charge in [-0.05, 0) is 51.2 Å². The monoisotopic (exact) mass is 505 g/mol. The summed E-state index contributed by atoms with van der Waals surface area (Å²) in [7, 11) is 0. The van der Waals surface area contributed by atoms with E-state index in [-0.39, 0.29) is 29.5 Å². The van der Waals surface area contributed by atoms with E-state index >= 15 is 0 Å². The fourth-order valence-electron chi connectivity index (χ4n) is 5.89. The van der Waals surface area contributed by atoms with E-state index in [2.05, 4.69) is 31.1 Å². The number of anilines is 2. The van der Waals surface area contributed by atoms with Gasteiger partial charge >= 0.3 is 0 Å². The first-order chi connectivity index (χ1) is 18.0. The van der Waals surface area contributed by atoms with Crippen LogP contribution in [0.25, 0.3) is 0 Å². The summed E-state index contributed by atoms with van der Waals surface area (Å²) in [6.07, 6.45) is 9.20. The Morgan fingerprint density at radius 3 is 2.73 bits per heavy atom. The number of aromatic nitrogens is 3. The average Bonchev–Trinajstić information content (AvgIpc) is 3.42. The first kappa shape index (κ1) is 25.2. The van der Waals surface area contributed by atoms with Crippen LogP contribution in [0, 0.1) is 24.2 Å². The maximum atomic E-state index is 13.3. The van der Waals surface area contributed by atoms with Crippen molar-refractivity contribution in [1.82, 2.24) is 20.1 Å². The number of aromatic amines is 1. The molecule has 10 heteroatoms. The molecule has 37 heavy (non-hydrogen) atoms. The molecule has 2 aromatic heterocycles. The Kier molecular flexibility index (Phi) is 7.70. The second-order valence-electron chi connectivity index (χ2n) is 10.3. The van der Waals surface area contributed by atoms with Crippen molar-refractivity contribution >= 4 is 17.4 Å². The number of carbonyl (C=O) groups excluding carboxylic acids is 1. The smallest absolute Gasteiger partial charge is 0.269 e. The fourth-order valence-corrected chi connectivity index (χ4v) is 5.89. The molecule has 196 valence electrons. The van der Waals surface area contributed by atoms with Crippen LogP contribution in [0.3, 0.4) is 0 Å². The predicted octanol–water partition coefficient (Wildman–Crippen LogP) is 2.24. The maximum Gasteiger partial charge on any atom is 0.269 e. The molecule has 1 saturated carbocycles. The number of pyridine rings is 1. The van der Waals surface area contributed by atoms with E-state index in [0.717, 1.165) is 69.7 Å². The number of H-pyrrole nitrogens is 1. The van der Waals surface area contributed by atoms with E-state index < -0.39 is 0 Å². The SMILES string of the molecule is Cc1c(N2CCC[C@H]2CO[C@H]2CCC[C@H](C(=O)N3CCN(c4ccc(C#N)cn4)CC3)C2)cn[nH]c1=O. The lowest BCUT2D eigenvalue weighted by molar-refractivity contribution is -0.139. The summed E-state index contributed by atoms with van der Waals surface area (Å²) >= 11 is 0. The van der Waals surface area contributed by atoms with Crippen molar-refractivity contribution in [2.75, 3.05) is 49.1 Å². The van der Waals surface area contributed by atoms with Gasteiger partial charge in [0.2, 0.25) is 5.91 Å². The normalized spacial score (nSPS) is 24.2. The Hall–Kier alpha value is -3.45. The molecule has 0 bridgehead atoms. The molecule has 2 aliphatic heterocycles. The molecule has 0 spiro atoms. The van der Waals surface area contributed by atoms with Crippen molar-refractivity contribution in [1.29, 1.82) is 5.26 Å². The Labute approximate surface area is 217 Å². The summed E-state index contributed by atoms with van der Waals surface area (Å²) in [5.74, 6) is 1.11. The van der Waals surface area contributed by atoms with Crippen molar-refractivity contribution in [3.05, 3.63) is 46.0 Å². The number of nitriles is 1. The molecule has 1 aliphatic carbocycles. The van der Waals surface area contributed by atoms with Crippen LogP contribution in [0.4, 0.5) is 11.5 Å². The minimum Gasteiger partial charge on any atom is -0.376 e. The summed E-state index contributed by atoms with van der Waals surface area (Å²) in [6, 6.07) is 5.98. The lowest BCUT2D eigenvalue weighted by Crippen LogP contribution is -2.51. The first-order valence-electron chi connectivity index (χ1n) is 13.4. The van der Waals surface area contributed by atoms with E-state index in [9.17, 15) is 9.59 Å². The Bertz CT molecular complexity index is 1180. The number of hydrogen-bond donors (Lipinski definition) is 1. The zero-order chi connectivity index (χ0) is 25.8. The van der Waals surface area contributed by atoms with Gasteiger partial charge in [-0.2, -0.15) is 10.4 Å². The molecule has 10 nitrogen and oxygen atoms in total. The molecule has 5 rings (SSSR count). The predicted molar refractivity (Wildman–Crippen MR) is 139 cm³/mol. The van der Waals surface area contributed by atoms with Gasteiger partial charge in [0.25, 0.3) is 5.56 Å². The van der Waals surface area contributed by atoms with E-state index in [4.69, 9.17) is 10.00 Å². The summed E-state index contributed by atoms with van der Waals surface area (Å²) in [5, 5.41) is 15.5. The third kappa shape index (κ3) is 5.62. The van der Waals surface area contributed by atoms with E-state index in [1.165, 1.54) is 0 Å². The van der Waals surface area contributed by atoms with Gasteiger partial charge in [-0.3, -0.25) is 9.59 Å². The number of rotatable bonds is 6. The van der Waals surface area contributed by atoms with Crippen LogP contribution >= 0.6 is 0 Å². The number of amides is 1. The van der Waals surface area contributed by atoms with Crippen LogP contribution in [-0.2, 0) is 9.53 Å². The van der Waals surface area contributed by atoms with Gasteiger partial charge < -0.3 is 19.4 Å². The lowest BCUT2D eigenvalue weighted by Gasteiger charge is -2.38. The van der Waals surface area contributed by atoms with Crippen LogP contribution in [0.1, 0.15) is 49.7 Å². The van der Waals surface area contributed by atoms with Gasteiger partial charge in [0, 0.05) is 50.4 Å². The zero-order valence-electron chi connectivity index (χ0n) is 21.4.